The van der Waals surface area contributed by atoms with E-state index in [1.807, 2.05) is 6.07 Å². The van der Waals surface area contributed by atoms with E-state index in [4.69, 9.17) is 4.42 Å². The molecule has 4 rings (SSSR count). The molecule has 9 nitrogen and oxygen atoms in total. The zero-order valence-electron chi connectivity index (χ0n) is 17.1. The van der Waals surface area contributed by atoms with Gasteiger partial charge >= 0.3 is 11.8 Å². The first-order valence-electron chi connectivity index (χ1n) is 9.86. The van der Waals surface area contributed by atoms with Crippen LogP contribution in [0.25, 0.3) is 22.7 Å². The molecular formula is C23H19N5O4. The van der Waals surface area contributed by atoms with Crippen LogP contribution in [0.1, 0.15) is 13.3 Å². The van der Waals surface area contributed by atoms with Crippen molar-refractivity contribution in [2.75, 3.05) is 16.0 Å². The number of hydrogen-bond acceptors (Lipinski definition) is 6. The van der Waals surface area contributed by atoms with Crippen LogP contribution in [0.4, 0.5) is 17.1 Å². The van der Waals surface area contributed by atoms with Crippen LogP contribution in [0.15, 0.2) is 71.3 Å². The molecule has 2 aromatic heterocycles. The lowest BCUT2D eigenvalue weighted by molar-refractivity contribution is -0.132. The topological polar surface area (TPSA) is 126 Å². The molecule has 32 heavy (non-hydrogen) atoms. The minimum Gasteiger partial charge on any atom is -0.435 e. The lowest BCUT2D eigenvalue weighted by atomic mass is 10.2. The van der Waals surface area contributed by atoms with Crippen molar-refractivity contribution in [3.63, 3.8) is 0 Å². The van der Waals surface area contributed by atoms with Crippen LogP contribution in [0.5, 0.6) is 0 Å². The summed E-state index contributed by atoms with van der Waals surface area (Å²) in [5.41, 5.74) is 3.06. The second-order valence-corrected chi connectivity index (χ2v) is 6.80. The highest BCUT2D eigenvalue weighted by Gasteiger charge is 2.16. The van der Waals surface area contributed by atoms with E-state index in [2.05, 4.69) is 25.9 Å². The molecule has 0 bridgehead atoms. The van der Waals surface area contributed by atoms with Gasteiger partial charge in [0.05, 0.1) is 0 Å². The molecule has 0 atom stereocenters. The molecule has 0 aliphatic carbocycles. The normalized spacial score (nSPS) is 10.5. The smallest absolute Gasteiger partial charge is 0.314 e. The Morgan fingerprint density at radius 1 is 0.844 bits per heavy atom. The number of nitrogens with zero attached hydrogens (tertiary/aromatic N) is 2. The number of benzene rings is 2. The molecule has 2 aromatic carbocycles. The monoisotopic (exact) mass is 429 g/mol. The highest BCUT2D eigenvalue weighted by Crippen LogP contribution is 2.25. The number of pyridine rings is 1. The van der Waals surface area contributed by atoms with Crippen molar-refractivity contribution in [3.8, 4) is 11.6 Å². The van der Waals surface area contributed by atoms with Gasteiger partial charge in [0.2, 0.25) is 11.8 Å². The number of nitrogens with one attached hydrogen (secondary N) is 3. The third kappa shape index (κ3) is 4.78. The van der Waals surface area contributed by atoms with E-state index in [9.17, 15) is 14.4 Å². The highest BCUT2D eigenvalue weighted by atomic mass is 16.3. The van der Waals surface area contributed by atoms with Crippen molar-refractivity contribution < 1.29 is 18.8 Å². The second-order valence-electron chi connectivity index (χ2n) is 6.80. The minimum atomic E-state index is -0.836. The molecule has 0 fully saturated rings. The van der Waals surface area contributed by atoms with Crippen molar-refractivity contribution in [2.24, 2.45) is 0 Å². The van der Waals surface area contributed by atoms with Crippen LogP contribution in [0.2, 0.25) is 0 Å². The van der Waals surface area contributed by atoms with E-state index < -0.39 is 11.8 Å². The van der Waals surface area contributed by atoms with Gasteiger partial charge in [-0.2, -0.15) is 0 Å². The lowest BCUT2D eigenvalue weighted by Gasteiger charge is -2.08. The summed E-state index contributed by atoms with van der Waals surface area (Å²) >= 11 is 0. The van der Waals surface area contributed by atoms with Gasteiger partial charge in [-0.15, -0.1) is 0 Å². The SMILES string of the molecule is CCC(=O)Nc1ccc(NC(=O)C(=O)Nc2ccc3nc(-c4ccccn4)oc3c2)cc1. The van der Waals surface area contributed by atoms with Crippen molar-refractivity contribution in [1.82, 2.24) is 9.97 Å². The average molecular weight is 429 g/mol. The summed E-state index contributed by atoms with van der Waals surface area (Å²) in [5.74, 6) is -1.42. The fourth-order valence-corrected chi connectivity index (χ4v) is 2.86. The summed E-state index contributed by atoms with van der Waals surface area (Å²) in [6.07, 6.45) is 2.01. The Balaban J connectivity index is 1.40. The minimum absolute atomic E-state index is 0.114. The van der Waals surface area contributed by atoms with Gasteiger partial charge in [0.1, 0.15) is 11.2 Å². The van der Waals surface area contributed by atoms with E-state index in [0.717, 1.165) is 0 Å². The van der Waals surface area contributed by atoms with Crippen molar-refractivity contribution in [1.29, 1.82) is 0 Å². The van der Waals surface area contributed by atoms with Gasteiger partial charge in [0, 0.05) is 35.7 Å². The zero-order chi connectivity index (χ0) is 22.5. The van der Waals surface area contributed by atoms with E-state index in [1.165, 1.54) is 0 Å². The van der Waals surface area contributed by atoms with Gasteiger partial charge in [-0.05, 0) is 48.5 Å². The molecule has 3 amide bonds. The Kier molecular flexibility index (Phi) is 5.89. The molecule has 160 valence electrons. The lowest BCUT2D eigenvalue weighted by Crippen LogP contribution is -2.29. The molecule has 0 saturated heterocycles. The number of carbonyl (C=O) groups is 3. The quantitative estimate of drug-likeness (QED) is 0.414. The van der Waals surface area contributed by atoms with Crippen LogP contribution in [-0.2, 0) is 14.4 Å². The maximum Gasteiger partial charge on any atom is 0.314 e. The van der Waals surface area contributed by atoms with Gasteiger partial charge in [-0.1, -0.05) is 13.0 Å². The molecular weight excluding hydrogens is 410 g/mol. The summed E-state index contributed by atoms with van der Waals surface area (Å²) in [4.78, 5) is 44.5. The second kappa shape index (κ2) is 9.09. The van der Waals surface area contributed by atoms with Crippen LogP contribution in [-0.4, -0.2) is 27.7 Å². The number of anilines is 3. The fourth-order valence-electron chi connectivity index (χ4n) is 2.86. The summed E-state index contributed by atoms with van der Waals surface area (Å²) < 4.78 is 5.72. The van der Waals surface area contributed by atoms with Crippen molar-refractivity contribution >= 4 is 45.9 Å². The van der Waals surface area contributed by atoms with Crippen molar-refractivity contribution in [3.05, 3.63) is 66.9 Å². The van der Waals surface area contributed by atoms with Gasteiger partial charge in [0.15, 0.2) is 5.58 Å². The summed E-state index contributed by atoms with van der Waals surface area (Å²) in [5, 5.41) is 7.75. The van der Waals surface area contributed by atoms with Gasteiger partial charge in [0.25, 0.3) is 0 Å². The Bertz CT molecular complexity index is 1280. The number of oxazole rings is 1. The summed E-state index contributed by atoms with van der Waals surface area (Å²) in [6.45, 7) is 1.75. The first-order valence-corrected chi connectivity index (χ1v) is 9.86. The van der Waals surface area contributed by atoms with Crippen molar-refractivity contribution in [2.45, 2.75) is 13.3 Å². The standard InChI is InChI=1S/C23H19N5O4/c1-2-20(29)25-14-6-8-15(9-7-14)26-21(30)22(31)27-16-10-11-17-19(13-16)32-23(28-17)18-5-3-4-12-24-18/h3-13H,2H2,1H3,(H,25,29)(H,26,30)(H,27,31). The molecule has 3 N–H and O–H groups in total. The molecule has 0 spiro atoms. The van der Waals surface area contributed by atoms with Crippen LogP contribution < -0.4 is 16.0 Å². The highest BCUT2D eigenvalue weighted by molar-refractivity contribution is 6.43. The molecule has 0 aliphatic rings. The van der Waals surface area contributed by atoms with E-state index in [0.29, 0.717) is 46.2 Å². The molecule has 0 saturated carbocycles. The zero-order valence-corrected chi connectivity index (χ0v) is 17.1. The maximum absolute atomic E-state index is 12.3. The van der Waals surface area contributed by atoms with Crippen LogP contribution in [0, 0.1) is 0 Å². The van der Waals surface area contributed by atoms with E-state index in [1.54, 1.807) is 67.7 Å². The average Bonchev–Trinajstić information content (AvgIpc) is 3.24. The number of rotatable bonds is 5. The van der Waals surface area contributed by atoms with Gasteiger partial charge < -0.3 is 20.4 Å². The number of carbonyl (C=O) groups excluding carboxylic acids is 3. The number of hydrogen-bond donors (Lipinski definition) is 3. The Labute approximate surface area is 182 Å². The first kappa shape index (κ1) is 20.7. The molecule has 0 aliphatic heterocycles. The van der Waals surface area contributed by atoms with Crippen LogP contribution in [0.3, 0.4) is 0 Å². The van der Waals surface area contributed by atoms with E-state index >= 15 is 0 Å². The molecule has 0 unspecified atom stereocenters. The predicted octanol–water partition coefficient (Wildman–Crippen LogP) is 3.82. The molecule has 4 aromatic rings. The Morgan fingerprint density at radius 2 is 1.50 bits per heavy atom. The molecule has 0 radical (unpaired) electrons. The van der Waals surface area contributed by atoms with Gasteiger partial charge in [-0.3, -0.25) is 19.4 Å². The van der Waals surface area contributed by atoms with E-state index in [-0.39, 0.29) is 5.91 Å². The summed E-state index contributed by atoms with van der Waals surface area (Å²) in [7, 11) is 0. The Morgan fingerprint density at radius 3 is 2.16 bits per heavy atom. The predicted molar refractivity (Wildman–Crippen MR) is 120 cm³/mol. The maximum atomic E-state index is 12.3. The Hall–Kier alpha value is -4.53. The number of fused-ring (bicyclic) bond motifs is 1. The largest absolute Gasteiger partial charge is 0.435 e. The van der Waals surface area contributed by atoms with Crippen LogP contribution >= 0.6 is 0 Å². The van der Waals surface area contributed by atoms with Gasteiger partial charge in [-0.25, -0.2) is 4.98 Å². The fraction of sp³-hybridized carbons (Fsp3) is 0.0870. The summed E-state index contributed by atoms with van der Waals surface area (Å²) in [6, 6.07) is 16.8. The first-order chi connectivity index (χ1) is 15.5. The molecule has 9 heteroatoms. The number of aromatic nitrogens is 2. The number of amides is 3. The third-order valence-corrected chi connectivity index (χ3v) is 4.48. The third-order valence-electron chi connectivity index (χ3n) is 4.48. The molecule has 2 heterocycles.